The highest BCUT2D eigenvalue weighted by Crippen LogP contribution is 2.14. The lowest BCUT2D eigenvalue weighted by molar-refractivity contribution is -0.384. The van der Waals surface area contributed by atoms with E-state index in [1.807, 2.05) is 44.4 Å². The monoisotopic (exact) mass is 557 g/mol. The van der Waals surface area contributed by atoms with Crippen molar-refractivity contribution in [3.63, 3.8) is 0 Å². The van der Waals surface area contributed by atoms with Crippen molar-refractivity contribution in [2.24, 2.45) is 0 Å². The van der Waals surface area contributed by atoms with Crippen molar-refractivity contribution >= 4 is 34.5 Å². The fourth-order valence-electron chi connectivity index (χ4n) is 3.85. The summed E-state index contributed by atoms with van der Waals surface area (Å²) in [6.07, 6.45) is 2.54. The molecule has 0 saturated carbocycles. The van der Waals surface area contributed by atoms with Crippen LogP contribution < -0.4 is 10.6 Å². The molecule has 0 aliphatic heterocycles. The third kappa shape index (κ3) is 12.8. The summed E-state index contributed by atoms with van der Waals surface area (Å²) in [7, 11) is 3.99. The number of nitro groups is 1. The van der Waals surface area contributed by atoms with Gasteiger partial charge in [0.15, 0.2) is 5.12 Å². The van der Waals surface area contributed by atoms with E-state index < -0.39 is 17.0 Å². The molecule has 0 spiro atoms. The molecule has 212 valence electrons. The van der Waals surface area contributed by atoms with Crippen LogP contribution in [0.15, 0.2) is 54.6 Å². The molecule has 0 aromatic heterocycles. The average molecular weight is 558 g/mol. The molecule has 0 saturated heterocycles. The minimum atomic E-state index is -0.868. The zero-order chi connectivity index (χ0) is 28.6. The van der Waals surface area contributed by atoms with Crippen molar-refractivity contribution in [2.45, 2.75) is 38.6 Å². The van der Waals surface area contributed by atoms with Gasteiger partial charge in [0.25, 0.3) is 5.69 Å². The average Bonchev–Trinajstić information content (AvgIpc) is 2.90. The van der Waals surface area contributed by atoms with Crippen LogP contribution in [0.1, 0.15) is 30.9 Å². The predicted molar refractivity (Wildman–Crippen MR) is 155 cm³/mol. The van der Waals surface area contributed by atoms with Crippen LogP contribution in [0.4, 0.5) is 10.5 Å². The number of nitrogens with zero attached hydrogens (tertiary/aromatic N) is 3. The van der Waals surface area contributed by atoms with Crippen molar-refractivity contribution in [3.05, 3.63) is 75.8 Å². The quantitative estimate of drug-likeness (QED) is 0.184. The van der Waals surface area contributed by atoms with Crippen LogP contribution >= 0.6 is 11.8 Å². The molecule has 2 aromatic rings. The number of nitrogens with one attached hydrogen (secondary N) is 2. The molecular weight excluding hydrogens is 518 g/mol. The van der Waals surface area contributed by atoms with Gasteiger partial charge in [0.05, 0.1) is 4.92 Å². The molecule has 2 rings (SSSR count). The zero-order valence-electron chi connectivity index (χ0n) is 22.9. The van der Waals surface area contributed by atoms with Gasteiger partial charge < -0.3 is 20.4 Å². The van der Waals surface area contributed by atoms with E-state index in [1.165, 1.54) is 19.1 Å². The molecular formula is C28H39N5O5S. The normalized spacial score (nSPS) is 11.6. The molecule has 2 N–H and O–H groups in total. The Morgan fingerprint density at radius 3 is 2.26 bits per heavy atom. The number of rotatable bonds is 16. The molecule has 10 nitrogen and oxygen atoms in total. The van der Waals surface area contributed by atoms with Crippen LogP contribution in [-0.4, -0.2) is 83.8 Å². The number of benzene rings is 2. The van der Waals surface area contributed by atoms with Crippen LogP contribution in [0.25, 0.3) is 0 Å². The van der Waals surface area contributed by atoms with Gasteiger partial charge >= 0.3 is 6.03 Å². The van der Waals surface area contributed by atoms with Crippen molar-refractivity contribution in [1.29, 1.82) is 0 Å². The molecule has 2 aromatic carbocycles. The van der Waals surface area contributed by atoms with E-state index in [-0.39, 0.29) is 23.1 Å². The van der Waals surface area contributed by atoms with Crippen molar-refractivity contribution in [1.82, 2.24) is 20.4 Å². The van der Waals surface area contributed by atoms with Crippen LogP contribution in [0.2, 0.25) is 0 Å². The number of hydrogen-bond acceptors (Lipinski definition) is 7. The Morgan fingerprint density at radius 1 is 0.949 bits per heavy atom. The molecule has 0 aliphatic carbocycles. The summed E-state index contributed by atoms with van der Waals surface area (Å²) in [5.41, 5.74) is 1.73. The minimum Gasteiger partial charge on any atom is -0.354 e. The fraction of sp³-hybridized carbons (Fsp3) is 0.464. The summed E-state index contributed by atoms with van der Waals surface area (Å²) in [6.45, 7) is 3.64. The zero-order valence-corrected chi connectivity index (χ0v) is 23.7. The third-order valence-corrected chi connectivity index (χ3v) is 6.79. The Kier molecular flexibility index (Phi) is 14.0. The highest BCUT2D eigenvalue weighted by atomic mass is 32.2. The van der Waals surface area contributed by atoms with Crippen molar-refractivity contribution in [3.8, 4) is 0 Å². The van der Waals surface area contributed by atoms with Gasteiger partial charge in [0, 0.05) is 50.9 Å². The third-order valence-electron chi connectivity index (χ3n) is 6.00. The summed E-state index contributed by atoms with van der Waals surface area (Å²) in [4.78, 5) is 52.2. The molecule has 0 bridgehead atoms. The Hall–Kier alpha value is -3.44. The summed E-state index contributed by atoms with van der Waals surface area (Å²) in [5, 5.41) is 16.8. The summed E-state index contributed by atoms with van der Waals surface area (Å²) < 4.78 is 0. The highest BCUT2D eigenvalue weighted by molar-refractivity contribution is 8.13. The van der Waals surface area contributed by atoms with E-state index in [4.69, 9.17) is 0 Å². The van der Waals surface area contributed by atoms with Gasteiger partial charge in [-0.15, -0.1) is 0 Å². The number of non-ortho nitro benzene ring substituents is 1. The minimum absolute atomic E-state index is 0.0249. The summed E-state index contributed by atoms with van der Waals surface area (Å²) >= 11 is 1.15. The van der Waals surface area contributed by atoms with Crippen LogP contribution in [0, 0.1) is 10.1 Å². The number of carbonyl (C=O) groups is 3. The van der Waals surface area contributed by atoms with E-state index in [0.717, 1.165) is 36.7 Å². The van der Waals surface area contributed by atoms with Crippen molar-refractivity contribution < 1.29 is 19.3 Å². The number of carbonyl (C=O) groups excluding carboxylic acids is 3. The number of nitro benzene ring substituents is 1. The first-order chi connectivity index (χ1) is 18.7. The van der Waals surface area contributed by atoms with E-state index in [9.17, 15) is 24.5 Å². The van der Waals surface area contributed by atoms with E-state index >= 15 is 0 Å². The molecule has 39 heavy (non-hydrogen) atoms. The summed E-state index contributed by atoms with van der Waals surface area (Å²) in [5.74, 6) is 0.135. The first-order valence-electron chi connectivity index (χ1n) is 13.0. The lowest BCUT2D eigenvalue weighted by atomic mass is 10.0. The standard InChI is InChI=1S/C28H39N5O5S/c1-22(34)39-20-19-32(18-15-23-9-5-4-6-10-23)28(36)30-26(27(35)29-16-7-8-17-31(2)3)21-24-11-13-25(14-12-24)33(37)38/h4-6,9-14,26H,7-8,15-21H2,1-3H3,(H,29,35)(H,30,36)/t26-/m0/s1. The number of thioether (sulfide) groups is 1. The van der Waals surface area contributed by atoms with Gasteiger partial charge in [0.2, 0.25) is 5.91 Å². The maximum Gasteiger partial charge on any atom is 0.318 e. The van der Waals surface area contributed by atoms with Gasteiger partial charge in [-0.25, -0.2) is 4.79 Å². The maximum atomic E-state index is 13.4. The van der Waals surface area contributed by atoms with Gasteiger partial charge in [-0.05, 0) is 51.0 Å². The summed E-state index contributed by atoms with van der Waals surface area (Å²) in [6, 6.07) is 14.5. The topological polar surface area (TPSA) is 125 Å². The molecule has 3 amide bonds. The van der Waals surface area contributed by atoms with Crippen LogP contribution in [0.3, 0.4) is 0 Å². The van der Waals surface area contributed by atoms with Gasteiger partial charge in [-0.2, -0.15) is 0 Å². The molecule has 11 heteroatoms. The van der Waals surface area contributed by atoms with Crippen molar-refractivity contribution in [2.75, 3.05) is 46.0 Å². The lowest BCUT2D eigenvalue weighted by Crippen LogP contribution is -2.53. The van der Waals surface area contributed by atoms with E-state index in [0.29, 0.717) is 37.4 Å². The Balaban J connectivity index is 2.12. The van der Waals surface area contributed by atoms with Gasteiger partial charge in [-0.1, -0.05) is 54.2 Å². The number of urea groups is 1. The number of hydrogen-bond donors (Lipinski definition) is 2. The van der Waals surface area contributed by atoms with Crippen LogP contribution in [0.5, 0.6) is 0 Å². The molecule has 0 fully saturated rings. The Labute approximate surface area is 234 Å². The maximum absolute atomic E-state index is 13.4. The smallest absolute Gasteiger partial charge is 0.318 e. The van der Waals surface area contributed by atoms with Crippen LogP contribution in [-0.2, 0) is 22.4 Å². The first-order valence-corrected chi connectivity index (χ1v) is 14.0. The SMILES string of the molecule is CC(=O)SCCN(CCc1ccccc1)C(=O)N[C@@H](Cc1ccc([N+](=O)[O-])cc1)C(=O)NCCCCN(C)C. The molecule has 0 aliphatic rings. The predicted octanol–water partition coefficient (Wildman–Crippen LogP) is 3.50. The molecule has 0 radical (unpaired) electrons. The highest BCUT2D eigenvalue weighted by Gasteiger charge is 2.24. The lowest BCUT2D eigenvalue weighted by Gasteiger charge is -2.26. The van der Waals surface area contributed by atoms with E-state index in [2.05, 4.69) is 15.5 Å². The Morgan fingerprint density at radius 2 is 1.64 bits per heavy atom. The molecule has 0 heterocycles. The van der Waals surface area contributed by atoms with E-state index in [1.54, 1.807) is 17.0 Å². The fourth-order valence-corrected chi connectivity index (χ4v) is 4.45. The second-order valence-corrected chi connectivity index (χ2v) is 10.8. The van der Waals surface area contributed by atoms with Gasteiger partial charge in [0.1, 0.15) is 6.04 Å². The number of unbranched alkanes of at least 4 members (excludes halogenated alkanes) is 1. The second kappa shape index (κ2) is 17.2. The second-order valence-electron chi connectivity index (χ2n) is 9.49. The largest absolute Gasteiger partial charge is 0.354 e. The number of amides is 3. The molecule has 0 unspecified atom stereocenters. The first kappa shape index (κ1) is 31.8. The molecule has 1 atom stereocenters. The Bertz CT molecular complexity index is 1070. The van der Waals surface area contributed by atoms with Gasteiger partial charge in [-0.3, -0.25) is 19.7 Å².